The molecular formula is C11H13BrSSi. The molecule has 0 fully saturated rings. The van der Waals surface area contributed by atoms with Crippen molar-refractivity contribution in [2.24, 2.45) is 0 Å². The second kappa shape index (κ2) is 3.47. The molecule has 74 valence electrons. The minimum absolute atomic E-state index is 1.16. The van der Waals surface area contributed by atoms with Crippen LogP contribution in [0.25, 0.3) is 10.1 Å². The molecule has 0 saturated carbocycles. The molecule has 0 saturated heterocycles. The Hall–Kier alpha value is -0.123. The number of hydrogen-bond donors (Lipinski definition) is 0. The van der Waals surface area contributed by atoms with E-state index in [1.54, 1.807) is 4.50 Å². The largest absolute Gasteiger partial charge is 0.146 e. The number of fused-ring (bicyclic) bond motifs is 1. The molecule has 0 aliphatic rings. The molecule has 0 atom stereocenters. The van der Waals surface area contributed by atoms with Gasteiger partial charge in [0, 0.05) is 9.17 Å². The molecule has 1 aromatic carbocycles. The minimum atomic E-state index is 1.16. The summed E-state index contributed by atoms with van der Waals surface area (Å²) in [5.74, 6) is 0. The van der Waals surface area contributed by atoms with Crippen LogP contribution >= 0.6 is 27.3 Å². The van der Waals surface area contributed by atoms with Gasteiger partial charge in [0.25, 0.3) is 0 Å². The molecule has 0 amide bonds. The Morgan fingerprint density at radius 3 is 2.50 bits per heavy atom. The molecule has 0 bridgehead atoms. The van der Waals surface area contributed by atoms with Gasteiger partial charge in [-0.3, -0.25) is 0 Å². The monoisotopic (exact) mass is 284 g/mol. The highest BCUT2D eigenvalue weighted by Gasteiger charge is 2.11. The van der Waals surface area contributed by atoms with E-state index in [4.69, 9.17) is 0 Å². The van der Waals surface area contributed by atoms with E-state index in [1.807, 2.05) is 11.3 Å². The number of halogens is 1. The molecule has 1 heterocycles. The number of rotatable bonds is 0. The van der Waals surface area contributed by atoms with Crippen LogP contribution in [0.2, 0.25) is 0 Å². The van der Waals surface area contributed by atoms with Crippen LogP contribution in [0, 0.1) is 20.8 Å². The van der Waals surface area contributed by atoms with Crippen molar-refractivity contribution in [2.45, 2.75) is 20.8 Å². The van der Waals surface area contributed by atoms with Gasteiger partial charge in [-0.1, -0.05) is 15.9 Å². The third kappa shape index (κ3) is 1.38. The predicted molar refractivity (Wildman–Crippen MR) is 73.3 cm³/mol. The van der Waals surface area contributed by atoms with Gasteiger partial charge in [0.2, 0.25) is 0 Å². The SMILES string of the molecule is Cc1cc2sc([SiH3])c(C)c2c(C)c1Br. The van der Waals surface area contributed by atoms with Gasteiger partial charge in [-0.05, 0) is 53.4 Å². The molecular weight excluding hydrogens is 272 g/mol. The fourth-order valence-electron chi connectivity index (χ4n) is 1.89. The lowest BCUT2D eigenvalue weighted by Gasteiger charge is -2.05. The molecule has 0 nitrogen and oxygen atoms in total. The summed E-state index contributed by atoms with van der Waals surface area (Å²) in [7, 11) is 1.16. The van der Waals surface area contributed by atoms with E-state index >= 15 is 0 Å². The zero-order chi connectivity index (χ0) is 10.5. The van der Waals surface area contributed by atoms with Crippen molar-refractivity contribution in [1.82, 2.24) is 0 Å². The van der Waals surface area contributed by atoms with Crippen molar-refractivity contribution in [3.63, 3.8) is 0 Å². The zero-order valence-electron chi connectivity index (χ0n) is 8.86. The first kappa shape index (κ1) is 10.4. The predicted octanol–water partition coefficient (Wildman–Crippen LogP) is 2.58. The maximum Gasteiger partial charge on any atom is 0.0518 e. The molecule has 0 radical (unpaired) electrons. The van der Waals surface area contributed by atoms with Crippen molar-refractivity contribution >= 4 is 52.1 Å². The molecule has 0 aliphatic carbocycles. The van der Waals surface area contributed by atoms with Gasteiger partial charge in [0.05, 0.1) is 10.2 Å². The van der Waals surface area contributed by atoms with Crippen LogP contribution in [0.5, 0.6) is 0 Å². The maximum absolute atomic E-state index is 3.66. The normalized spacial score (nSPS) is 11.4. The lowest BCUT2D eigenvalue weighted by atomic mass is 10.1. The Labute approximate surface area is 99.9 Å². The van der Waals surface area contributed by atoms with Gasteiger partial charge in [0.15, 0.2) is 0 Å². The number of thiophene rings is 1. The van der Waals surface area contributed by atoms with Crippen LogP contribution in [0.4, 0.5) is 0 Å². The molecule has 3 heteroatoms. The first-order valence-electron chi connectivity index (χ1n) is 4.67. The highest BCUT2D eigenvalue weighted by molar-refractivity contribution is 9.10. The van der Waals surface area contributed by atoms with Gasteiger partial charge in [-0.25, -0.2) is 0 Å². The Morgan fingerprint density at radius 1 is 1.21 bits per heavy atom. The first-order valence-corrected chi connectivity index (χ1v) is 7.28. The summed E-state index contributed by atoms with van der Waals surface area (Å²) in [5.41, 5.74) is 4.24. The summed E-state index contributed by atoms with van der Waals surface area (Å²) in [6, 6.07) is 2.30. The van der Waals surface area contributed by atoms with Crippen molar-refractivity contribution in [2.75, 3.05) is 0 Å². The summed E-state index contributed by atoms with van der Waals surface area (Å²) in [5, 5.41) is 1.47. The highest BCUT2D eigenvalue weighted by Crippen LogP contribution is 2.33. The Bertz CT molecular complexity index is 514. The Morgan fingerprint density at radius 2 is 1.86 bits per heavy atom. The van der Waals surface area contributed by atoms with Crippen molar-refractivity contribution in [3.8, 4) is 0 Å². The molecule has 0 N–H and O–H groups in total. The van der Waals surface area contributed by atoms with Crippen LogP contribution in [-0.4, -0.2) is 10.2 Å². The number of hydrogen-bond acceptors (Lipinski definition) is 1. The van der Waals surface area contributed by atoms with Gasteiger partial charge >= 0.3 is 0 Å². The van der Waals surface area contributed by atoms with Crippen LogP contribution in [0.3, 0.4) is 0 Å². The summed E-state index contributed by atoms with van der Waals surface area (Å²) in [6.07, 6.45) is 0. The van der Waals surface area contributed by atoms with E-state index in [0.717, 1.165) is 10.2 Å². The third-order valence-electron chi connectivity index (χ3n) is 2.81. The third-order valence-corrected chi connectivity index (χ3v) is 6.55. The summed E-state index contributed by atoms with van der Waals surface area (Å²) in [4.78, 5) is 0. The highest BCUT2D eigenvalue weighted by atomic mass is 79.9. The van der Waals surface area contributed by atoms with Gasteiger partial charge in [-0.2, -0.15) is 0 Å². The fraction of sp³-hybridized carbons (Fsp3) is 0.273. The maximum atomic E-state index is 3.66. The second-order valence-electron chi connectivity index (χ2n) is 3.79. The molecule has 0 aliphatic heterocycles. The average Bonchev–Trinajstić information content (AvgIpc) is 2.39. The topological polar surface area (TPSA) is 0 Å². The van der Waals surface area contributed by atoms with Gasteiger partial charge < -0.3 is 0 Å². The van der Waals surface area contributed by atoms with Crippen molar-refractivity contribution < 1.29 is 0 Å². The number of aryl methyl sites for hydroxylation is 3. The quantitative estimate of drug-likeness (QED) is 0.653. The minimum Gasteiger partial charge on any atom is -0.146 e. The molecule has 1 aromatic heterocycles. The smallest absolute Gasteiger partial charge is 0.0518 e. The van der Waals surface area contributed by atoms with Crippen LogP contribution in [0.15, 0.2) is 10.5 Å². The zero-order valence-corrected chi connectivity index (χ0v) is 13.3. The lowest BCUT2D eigenvalue weighted by molar-refractivity contribution is 1.38. The molecule has 2 rings (SSSR count). The second-order valence-corrected chi connectivity index (χ2v) is 7.56. The van der Waals surface area contributed by atoms with Crippen LogP contribution in [-0.2, 0) is 0 Å². The first-order chi connectivity index (χ1) is 6.52. The van der Waals surface area contributed by atoms with E-state index in [1.165, 1.54) is 31.2 Å². The summed E-state index contributed by atoms with van der Waals surface area (Å²) in [6.45, 7) is 6.62. The molecule has 14 heavy (non-hydrogen) atoms. The Kier molecular flexibility index (Phi) is 2.58. The van der Waals surface area contributed by atoms with Crippen LogP contribution in [0.1, 0.15) is 16.7 Å². The van der Waals surface area contributed by atoms with Gasteiger partial charge in [-0.15, -0.1) is 11.3 Å². The van der Waals surface area contributed by atoms with E-state index in [2.05, 4.69) is 42.8 Å². The van der Waals surface area contributed by atoms with Crippen molar-refractivity contribution in [1.29, 1.82) is 0 Å². The lowest BCUT2D eigenvalue weighted by Crippen LogP contribution is -1.97. The van der Waals surface area contributed by atoms with Crippen molar-refractivity contribution in [3.05, 3.63) is 27.2 Å². The molecule has 2 aromatic rings. The summed E-state index contributed by atoms with van der Waals surface area (Å²) < 4.78 is 4.29. The number of benzene rings is 1. The summed E-state index contributed by atoms with van der Waals surface area (Å²) >= 11 is 5.62. The average molecular weight is 285 g/mol. The van der Waals surface area contributed by atoms with Crippen LogP contribution < -0.4 is 4.50 Å². The van der Waals surface area contributed by atoms with E-state index in [9.17, 15) is 0 Å². The molecule has 0 unspecified atom stereocenters. The van der Waals surface area contributed by atoms with Gasteiger partial charge in [0.1, 0.15) is 0 Å². The van der Waals surface area contributed by atoms with E-state index in [0.29, 0.717) is 0 Å². The standard InChI is InChI=1S/C11H13BrSSi/c1-5-4-8-9(6(2)10(5)12)7(3)11(14)13-8/h4H,1-3,14H3. The fourth-order valence-corrected chi connectivity index (χ4v) is 4.34. The van der Waals surface area contributed by atoms with E-state index in [-0.39, 0.29) is 0 Å². The van der Waals surface area contributed by atoms with E-state index < -0.39 is 0 Å². The molecule has 0 spiro atoms. The Balaban J connectivity index is 2.99.